The Hall–Kier alpha value is -1.91. The molecular weight excluding hydrogens is 220 g/mol. The Morgan fingerprint density at radius 1 is 1.65 bits per heavy atom. The summed E-state index contributed by atoms with van der Waals surface area (Å²) in [5, 5.41) is 0. The summed E-state index contributed by atoms with van der Waals surface area (Å²) >= 11 is 0. The van der Waals surface area contributed by atoms with Gasteiger partial charge in [0.2, 0.25) is 5.91 Å². The van der Waals surface area contributed by atoms with Gasteiger partial charge in [-0.2, -0.15) is 0 Å². The molecule has 0 radical (unpaired) electrons. The number of rotatable bonds is 4. The van der Waals surface area contributed by atoms with Crippen LogP contribution < -0.4 is 0 Å². The minimum absolute atomic E-state index is 0.00176. The van der Waals surface area contributed by atoms with Crippen molar-refractivity contribution in [2.75, 3.05) is 13.7 Å². The second-order valence-corrected chi connectivity index (χ2v) is 4.13. The maximum Gasteiger partial charge on any atom is 0.293 e. The van der Waals surface area contributed by atoms with Gasteiger partial charge in [-0.1, -0.05) is 6.07 Å². The van der Waals surface area contributed by atoms with Crippen LogP contribution in [0.3, 0.4) is 0 Å². The summed E-state index contributed by atoms with van der Waals surface area (Å²) in [6.45, 7) is 0.683. The molecule has 2 unspecified atom stereocenters. The number of carbonyl (C=O) groups excluding carboxylic acids is 2. The van der Waals surface area contributed by atoms with Crippen LogP contribution in [0, 0.1) is 5.92 Å². The zero-order valence-corrected chi connectivity index (χ0v) is 9.57. The highest BCUT2D eigenvalue weighted by Gasteiger charge is 2.38. The fourth-order valence-electron chi connectivity index (χ4n) is 2.31. The number of ether oxygens (including phenoxy) is 1. The number of amides is 1. The molecule has 1 aromatic rings. The van der Waals surface area contributed by atoms with Crippen LogP contribution in [0.5, 0.6) is 0 Å². The molecule has 0 aromatic carbocycles. The Morgan fingerprint density at radius 3 is 3.12 bits per heavy atom. The van der Waals surface area contributed by atoms with Crippen molar-refractivity contribution in [3.8, 4) is 0 Å². The van der Waals surface area contributed by atoms with Gasteiger partial charge >= 0.3 is 0 Å². The summed E-state index contributed by atoms with van der Waals surface area (Å²) in [5.74, 6) is 0.0697. The first-order chi connectivity index (χ1) is 8.24. The molecule has 1 saturated heterocycles. The molecule has 0 saturated carbocycles. The molecular formula is C12H14N2O3. The average Bonchev–Trinajstić information content (AvgIpc) is 2.64. The van der Waals surface area contributed by atoms with Gasteiger partial charge in [-0.15, -0.1) is 0 Å². The third kappa shape index (κ3) is 2.27. The first-order valence-electron chi connectivity index (χ1n) is 5.45. The summed E-state index contributed by atoms with van der Waals surface area (Å²) in [5.41, 5.74) is 0.973. The quantitative estimate of drug-likeness (QED) is 0.722. The van der Waals surface area contributed by atoms with Crippen molar-refractivity contribution in [3.63, 3.8) is 0 Å². The third-order valence-electron chi connectivity index (χ3n) is 3.10. The molecule has 1 amide bonds. The average molecular weight is 234 g/mol. The molecule has 17 heavy (non-hydrogen) atoms. The largest absolute Gasteiger partial charge is 0.467 e. The van der Waals surface area contributed by atoms with Crippen LogP contribution in [0.25, 0.3) is 0 Å². The number of nitrogens with zero attached hydrogens (tertiary/aromatic N) is 2. The molecule has 1 fully saturated rings. The van der Waals surface area contributed by atoms with E-state index in [0.717, 1.165) is 5.56 Å². The minimum Gasteiger partial charge on any atom is -0.467 e. The van der Waals surface area contributed by atoms with E-state index in [4.69, 9.17) is 4.74 Å². The Labute approximate surface area is 99.4 Å². The van der Waals surface area contributed by atoms with E-state index in [1.54, 1.807) is 24.3 Å². The van der Waals surface area contributed by atoms with E-state index in [2.05, 4.69) is 4.98 Å². The number of hydrogen-bond acceptors (Lipinski definition) is 4. The molecule has 0 bridgehead atoms. The van der Waals surface area contributed by atoms with E-state index in [1.165, 1.54) is 0 Å². The van der Waals surface area contributed by atoms with Gasteiger partial charge in [-0.05, 0) is 11.6 Å². The molecule has 0 N–H and O–H groups in total. The molecule has 90 valence electrons. The van der Waals surface area contributed by atoms with E-state index in [1.807, 2.05) is 12.1 Å². The molecule has 5 nitrogen and oxygen atoms in total. The molecule has 0 spiro atoms. The fraction of sp³-hybridized carbons (Fsp3) is 0.417. The van der Waals surface area contributed by atoms with Crippen LogP contribution in [-0.4, -0.2) is 35.9 Å². The van der Waals surface area contributed by atoms with E-state index < -0.39 is 0 Å². The van der Waals surface area contributed by atoms with Crippen molar-refractivity contribution in [3.05, 3.63) is 30.1 Å². The van der Waals surface area contributed by atoms with Crippen LogP contribution in [0.15, 0.2) is 24.5 Å². The Morgan fingerprint density at radius 2 is 2.47 bits per heavy atom. The molecule has 2 rings (SSSR count). The summed E-state index contributed by atoms with van der Waals surface area (Å²) in [6.07, 6.45) is 3.84. The summed E-state index contributed by atoms with van der Waals surface area (Å²) in [6, 6.07) is 3.71. The van der Waals surface area contributed by atoms with E-state index in [9.17, 15) is 9.59 Å². The van der Waals surface area contributed by atoms with Gasteiger partial charge < -0.3 is 9.64 Å². The lowest BCUT2D eigenvalue weighted by atomic mass is 9.96. The fourth-order valence-corrected chi connectivity index (χ4v) is 2.31. The molecule has 0 aliphatic carbocycles. The van der Waals surface area contributed by atoms with Crippen LogP contribution in [0.2, 0.25) is 0 Å². The highest BCUT2D eigenvalue weighted by molar-refractivity contribution is 5.79. The van der Waals surface area contributed by atoms with Gasteiger partial charge in [-0.25, -0.2) is 0 Å². The zero-order chi connectivity index (χ0) is 12.3. The van der Waals surface area contributed by atoms with Crippen LogP contribution >= 0.6 is 0 Å². The molecule has 1 aliphatic heterocycles. The SMILES string of the molecule is CN1C(=O)CC(COC=O)C1c1cccnc1. The van der Waals surface area contributed by atoms with Gasteiger partial charge in [-0.3, -0.25) is 14.6 Å². The van der Waals surface area contributed by atoms with Gasteiger partial charge in [0, 0.05) is 31.8 Å². The first-order valence-corrected chi connectivity index (χ1v) is 5.45. The highest BCUT2D eigenvalue weighted by atomic mass is 16.5. The lowest BCUT2D eigenvalue weighted by Gasteiger charge is -2.24. The Bertz CT molecular complexity index is 407. The van der Waals surface area contributed by atoms with Crippen molar-refractivity contribution >= 4 is 12.4 Å². The van der Waals surface area contributed by atoms with E-state index >= 15 is 0 Å². The van der Waals surface area contributed by atoms with Crippen molar-refractivity contribution in [2.45, 2.75) is 12.5 Å². The number of aromatic nitrogens is 1. The standard InChI is InChI=1S/C12H14N2O3/c1-14-11(16)5-10(7-17-8-15)12(14)9-3-2-4-13-6-9/h2-4,6,8,10,12H,5,7H2,1H3. The van der Waals surface area contributed by atoms with Gasteiger partial charge in [0.15, 0.2) is 0 Å². The van der Waals surface area contributed by atoms with Crippen molar-refractivity contribution in [1.29, 1.82) is 0 Å². The Kier molecular flexibility index (Phi) is 3.37. The maximum atomic E-state index is 11.7. The van der Waals surface area contributed by atoms with Crippen LogP contribution in [0.4, 0.5) is 0 Å². The summed E-state index contributed by atoms with van der Waals surface area (Å²) in [4.78, 5) is 27.7. The smallest absolute Gasteiger partial charge is 0.293 e. The monoisotopic (exact) mass is 234 g/mol. The van der Waals surface area contributed by atoms with Gasteiger partial charge in [0.1, 0.15) is 0 Å². The van der Waals surface area contributed by atoms with E-state index in [-0.39, 0.29) is 24.5 Å². The molecule has 2 heterocycles. The minimum atomic E-state index is -0.0591. The number of hydrogen-bond donors (Lipinski definition) is 0. The zero-order valence-electron chi connectivity index (χ0n) is 9.57. The molecule has 2 atom stereocenters. The topological polar surface area (TPSA) is 59.5 Å². The van der Waals surface area contributed by atoms with Gasteiger partial charge in [0.25, 0.3) is 6.47 Å². The normalized spacial score (nSPS) is 23.8. The van der Waals surface area contributed by atoms with Crippen molar-refractivity contribution in [1.82, 2.24) is 9.88 Å². The van der Waals surface area contributed by atoms with Crippen molar-refractivity contribution in [2.24, 2.45) is 5.92 Å². The molecule has 5 heteroatoms. The highest BCUT2D eigenvalue weighted by Crippen LogP contribution is 2.36. The number of likely N-dealkylation sites (tertiary alicyclic amines) is 1. The second kappa shape index (κ2) is 4.95. The van der Waals surface area contributed by atoms with Crippen LogP contribution in [-0.2, 0) is 14.3 Å². The number of pyridine rings is 1. The predicted molar refractivity (Wildman–Crippen MR) is 59.9 cm³/mol. The first kappa shape index (κ1) is 11.6. The Balaban J connectivity index is 2.21. The third-order valence-corrected chi connectivity index (χ3v) is 3.10. The van der Waals surface area contributed by atoms with Crippen LogP contribution in [0.1, 0.15) is 18.0 Å². The molecule has 1 aliphatic rings. The van der Waals surface area contributed by atoms with Gasteiger partial charge in [0.05, 0.1) is 12.6 Å². The summed E-state index contributed by atoms with van der Waals surface area (Å²) < 4.78 is 4.79. The molecule has 1 aromatic heterocycles. The lowest BCUT2D eigenvalue weighted by molar-refractivity contribution is -0.130. The summed E-state index contributed by atoms with van der Waals surface area (Å²) in [7, 11) is 1.76. The number of carbonyl (C=O) groups is 2. The lowest BCUT2D eigenvalue weighted by Crippen LogP contribution is -2.25. The second-order valence-electron chi connectivity index (χ2n) is 4.13. The maximum absolute atomic E-state index is 11.7. The predicted octanol–water partition coefficient (Wildman–Crippen LogP) is 0.774. The van der Waals surface area contributed by atoms with Crippen molar-refractivity contribution < 1.29 is 14.3 Å². The van der Waals surface area contributed by atoms with E-state index in [0.29, 0.717) is 12.9 Å².